The van der Waals surface area contributed by atoms with E-state index >= 15 is 0 Å². The quantitative estimate of drug-likeness (QED) is 0.924. The van der Waals surface area contributed by atoms with E-state index in [1.165, 1.54) is 27.9 Å². The molecule has 1 saturated heterocycles. The largest absolute Gasteiger partial charge is 0.307 e. The van der Waals surface area contributed by atoms with Crippen LogP contribution in [0.5, 0.6) is 0 Å². The first-order valence-corrected chi connectivity index (χ1v) is 8.40. The van der Waals surface area contributed by atoms with E-state index in [4.69, 9.17) is 0 Å². The summed E-state index contributed by atoms with van der Waals surface area (Å²) in [5.41, 5.74) is 0.168. The van der Waals surface area contributed by atoms with Gasteiger partial charge in [0.25, 0.3) is 0 Å². The van der Waals surface area contributed by atoms with Gasteiger partial charge in [0, 0.05) is 41.2 Å². The highest BCUT2D eigenvalue weighted by molar-refractivity contribution is 7.99. The number of nitrogens with zero attached hydrogens (tertiary/aromatic N) is 2. The summed E-state index contributed by atoms with van der Waals surface area (Å²) < 4.78 is 0. The average Bonchev–Trinajstić information content (AvgIpc) is 2.75. The van der Waals surface area contributed by atoms with Gasteiger partial charge in [-0.25, -0.2) is 4.98 Å². The van der Waals surface area contributed by atoms with E-state index in [0.29, 0.717) is 6.04 Å². The predicted octanol–water partition coefficient (Wildman–Crippen LogP) is 2.75. The van der Waals surface area contributed by atoms with Crippen LogP contribution in [0.25, 0.3) is 0 Å². The van der Waals surface area contributed by atoms with Gasteiger partial charge in [-0.2, -0.15) is 11.8 Å². The Morgan fingerprint density at radius 1 is 1.50 bits per heavy atom. The maximum Gasteiger partial charge on any atom is 0.111 e. The van der Waals surface area contributed by atoms with Gasteiger partial charge in [0.1, 0.15) is 5.01 Å². The molecule has 0 amide bonds. The molecule has 5 heteroatoms. The Hall–Kier alpha value is -0.100. The van der Waals surface area contributed by atoms with Crippen molar-refractivity contribution in [1.82, 2.24) is 15.2 Å². The number of thiazole rings is 1. The van der Waals surface area contributed by atoms with Crippen molar-refractivity contribution in [3.8, 4) is 0 Å². The molecule has 1 aromatic heterocycles. The van der Waals surface area contributed by atoms with Crippen molar-refractivity contribution >= 4 is 23.1 Å². The highest BCUT2D eigenvalue weighted by Gasteiger charge is 2.23. The molecular weight excluding hydrogens is 262 g/mol. The van der Waals surface area contributed by atoms with Crippen molar-refractivity contribution in [2.75, 3.05) is 25.1 Å². The van der Waals surface area contributed by atoms with Crippen LogP contribution in [-0.2, 0) is 6.54 Å². The fourth-order valence-electron chi connectivity index (χ4n) is 1.86. The molecule has 1 fully saturated rings. The van der Waals surface area contributed by atoms with E-state index in [1.807, 2.05) is 29.3 Å². The van der Waals surface area contributed by atoms with Crippen LogP contribution in [0.1, 0.15) is 36.7 Å². The fraction of sp³-hybridized carbons (Fsp3) is 0.769. The maximum absolute atomic E-state index is 4.61. The monoisotopic (exact) mass is 285 g/mol. The highest BCUT2D eigenvalue weighted by atomic mass is 32.2. The van der Waals surface area contributed by atoms with Crippen LogP contribution in [0.15, 0.2) is 6.20 Å². The Balaban J connectivity index is 1.97. The van der Waals surface area contributed by atoms with Crippen molar-refractivity contribution in [3.05, 3.63) is 16.1 Å². The smallest absolute Gasteiger partial charge is 0.111 e. The van der Waals surface area contributed by atoms with E-state index in [0.717, 1.165) is 6.54 Å². The van der Waals surface area contributed by atoms with Crippen LogP contribution in [0, 0.1) is 0 Å². The lowest BCUT2D eigenvalue weighted by Gasteiger charge is -2.30. The molecule has 3 nitrogen and oxygen atoms in total. The summed E-state index contributed by atoms with van der Waals surface area (Å²) in [4.78, 5) is 8.38. The first-order valence-electron chi connectivity index (χ1n) is 6.43. The molecule has 1 aliphatic heterocycles. The molecule has 2 rings (SSSR count). The van der Waals surface area contributed by atoms with Crippen molar-refractivity contribution in [2.24, 2.45) is 0 Å². The molecule has 1 unspecified atom stereocenters. The molecule has 1 atom stereocenters. The van der Waals surface area contributed by atoms with Gasteiger partial charge in [-0.15, -0.1) is 11.3 Å². The van der Waals surface area contributed by atoms with Gasteiger partial charge in [-0.1, -0.05) is 0 Å². The Labute approximate surface area is 118 Å². The number of rotatable bonds is 3. The second-order valence-electron chi connectivity index (χ2n) is 5.84. The number of thioether (sulfide) groups is 1. The maximum atomic E-state index is 4.61. The number of hydrogen-bond donors (Lipinski definition) is 1. The van der Waals surface area contributed by atoms with Crippen LogP contribution in [-0.4, -0.2) is 40.5 Å². The van der Waals surface area contributed by atoms with Gasteiger partial charge >= 0.3 is 0 Å². The van der Waals surface area contributed by atoms with Crippen LogP contribution in [0.4, 0.5) is 0 Å². The average molecular weight is 285 g/mol. The molecule has 0 bridgehead atoms. The Morgan fingerprint density at radius 2 is 2.28 bits per heavy atom. The minimum absolute atomic E-state index is 0.168. The predicted molar refractivity (Wildman–Crippen MR) is 81.4 cm³/mol. The second kappa shape index (κ2) is 5.90. The Morgan fingerprint density at radius 3 is 2.94 bits per heavy atom. The summed E-state index contributed by atoms with van der Waals surface area (Å²) in [6.45, 7) is 8.68. The molecule has 1 N–H and O–H groups in total. The molecule has 1 aromatic rings. The molecule has 0 radical (unpaired) electrons. The van der Waals surface area contributed by atoms with Gasteiger partial charge in [-0.05, 0) is 27.8 Å². The first kappa shape index (κ1) is 14.3. The van der Waals surface area contributed by atoms with Crippen molar-refractivity contribution in [1.29, 1.82) is 0 Å². The SMILES string of the molecule is CN1CCSCC1c1ncc(CNC(C)(C)C)s1. The van der Waals surface area contributed by atoms with E-state index in [1.54, 1.807) is 0 Å². The lowest BCUT2D eigenvalue weighted by molar-refractivity contribution is 0.274. The van der Waals surface area contributed by atoms with Gasteiger partial charge < -0.3 is 5.32 Å². The lowest BCUT2D eigenvalue weighted by atomic mass is 10.1. The van der Waals surface area contributed by atoms with Crippen LogP contribution in [0.3, 0.4) is 0 Å². The number of hydrogen-bond acceptors (Lipinski definition) is 5. The standard InChI is InChI=1S/C13H23N3S2/c1-13(2,3)15-8-10-7-14-12(18-10)11-9-17-6-5-16(11)4/h7,11,15H,5-6,8-9H2,1-4H3. The van der Waals surface area contributed by atoms with Crippen molar-refractivity contribution in [3.63, 3.8) is 0 Å². The third-order valence-electron chi connectivity index (χ3n) is 3.05. The lowest BCUT2D eigenvalue weighted by Crippen LogP contribution is -2.34. The minimum atomic E-state index is 0.168. The van der Waals surface area contributed by atoms with Gasteiger partial charge in [0.2, 0.25) is 0 Å². The van der Waals surface area contributed by atoms with Gasteiger partial charge in [0.05, 0.1) is 6.04 Å². The molecule has 18 heavy (non-hydrogen) atoms. The summed E-state index contributed by atoms with van der Waals surface area (Å²) in [5, 5.41) is 4.79. The summed E-state index contributed by atoms with van der Waals surface area (Å²) in [6, 6.07) is 0.511. The molecule has 1 aliphatic rings. The zero-order valence-corrected chi connectivity index (χ0v) is 13.3. The van der Waals surface area contributed by atoms with Crippen molar-refractivity contribution in [2.45, 2.75) is 38.9 Å². The van der Waals surface area contributed by atoms with E-state index in [-0.39, 0.29) is 5.54 Å². The summed E-state index contributed by atoms with van der Waals surface area (Å²) >= 11 is 3.89. The third kappa shape index (κ3) is 3.95. The van der Waals surface area contributed by atoms with E-state index in [9.17, 15) is 0 Å². The third-order valence-corrected chi connectivity index (χ3v) is 5.17. The molecule has 2 heterocycles. The van der Waals surface area contributed by atoms with E-state index in [2.05, 4.69) is 43.0 Å². The molecule has 0 saturated carbocycles. The molecule has 0 aliphatic carbocycles. The van der Waals surface area contributed by atoms with Gasteiger partial charge in [0.15, 0.2) is 0 Å². The second-order valence-corrected chi connectivity index (χ2v) is 8.14. The Bertz CT molecular complexity index is 384. The topological polar surface area (TPSA) is 28.2 Å². The minimum Gasteiger partial charge on any atom is -0.307 e. The first-order chi connectivity index (χ1) is 8.46. The Kier molecular flexibility index (Phi) is 4.69. The molecule has 102 valence electrons. The van der Waals surface area contributed by atoms with Crippen LogP contribution >= 0.6 is 23.1 Å². The van der Waals surface area contributed by atoms with Crippen molar-refractivity contribution < 1.29 is 0 Å². The van der Waals surface area contributed by atoms with Gasteiger partial charge in [-0.3, -0.25) is 4.90 Å². The normalized spacial score (nSPS) is 22.3. The summed E-state index contributed by atoms with van der Waals surface area (Å²) in [7, 11) is 2.21. The summed E-state index contributed by atoms with van der Waals surface area (Å²) in [6.07, 6.45) is 2.03. The van der Waals surface area contributed by atoms with E-state index < -0.39 is 0 Å². The summed E-state index contributed by atoms with van der Waals surface area (Å²) in [5.74, 6) is 2.42. The highest BCUT2D eigenvalue weighted by Crippen LogP contribution is 2.30. The molecule has 0 aromatic carbocycles. The molecule has 0 spiro atoms. The van der Waals surface area contributed by atoms with Crippen LogP contribution < -0.4 is 5.32 Å². The van der Waals surface area contributed by atoms with Crippen LogP contribution in [0.2, 0.25) is 0 Å². The number of nitrogens with one attached hydrogen (secondary N) is 1. The zero-order valence-electron chi connectivity index (χ0n) is 11.7. The zero-order chi connectivity index (χ0) is 13.2. The number of aromatic nitrogens is 1. The molecular formula is C13H23N3S2. The fourth-order valence-corrected chi connectivity index (χ4v) is 4.21.